The third-order valence-corrected chi connectivity index (χ3v) is 7.42. The lowest BCUT2D eigenvalue weighted by atomic mass is 9.80. The van der Waals surface area contributed by atoms with E-state index in [1.165, 1.54) is 6.34 Å². The van der Waals surface area contributed by atoms with E-state index in [4.69, 9.17) is 19.9 Å². The van der Waals surface area contributed by atoms with Crippen molar-refractivity contribution in [1.82, 2.24) is 4.90 Å². The summed E-state index contributed by atoms with van der Waals surface area (Å²) in [6, 6.07) is 13.8. The van der Waals surface area contributed by atoms with Gasteiger partial charge in [-0.05, 0) is 35.7 Å². The molecule has 0 aliphatic carbocycles. The molecule has 0 radical (unpaired) electrons. The molecule has 3 aliphatic rings. The van der Waals surface area contributed by atoms with Crippen LogP contribution in [0.5, 0.6) is 11.5 Å². The number of aryl methyl sites for hydroxylation is 1. The molecule has 1 fully saturated rings. The number of fused-ring (bicyclic) bond motifs is 1. The molecule has 2 aromatic rings. The molecule has 0 saturated carbocycles. The van der Waals surface area contributed by atoms with Gasteiger partial charge in [0.2, 0.25) is 0 Å². The lowest BCUT2D eigenvalue weighted by molar-refractivity contribution is -0.0688. The first-order valence-electron chi connectivity index (χ1n) is 12.4. The molecule has 6 atom stereocenters. The van der Waals surface area contributed by atoms with Crippen molar-refractivity contribution in [2.75, 3.05) is 27.5 Å². The first kappa shape index (κ1) is 26.3. The molecule has 11 nitrogen and oxygen atoms in total. The second-order valence-corrected chi connectivity index (χ2v) is 9.73. The van der Waals surface area contributed by atoms with Crippen LogP contribution >= 0.6 is 0 Å². The third-order valence-electron chi connectivity index (χ3n) is 7.42. The van der Waals surface area contributed by atoms with Gasteiger partial charge in [-0.25, -0.2) is 9.98 Å². The zero-order valence-corrected chi connectivity index (χ0v) is 21.6. The van der Waals surface area contributed by atoms with Crippen LogP contribution < -0.4 is 15.2 Å². The zero-order valence-electron chi connectivity index (χ0n) is 21.6. The smallest absolute Gasteiger partial charge is 0.162 e. The van der Waals surface area contributed by atoms with Gasteiger partial charge < -0.3 is 40.2 Å². The van der Waals surface area contributed by atoms with E-state index in [2.05, 4.69) is 34.0 Å². The molecule has 0 spiro atoms. The molecule has 3 heterocycles. The van der Waals surface area contributed by atoms with E-state index < -0.39 is 36.8 Å². The summed E-state index contributed by atoms with van der Waals surface area (Å²) < 4.78 is 16.8. The van der Waals surface area contributed by atoms with E-state index in [-0.39, 0.29) is 12.6 Å². The first-order valence-corrected chi connectivity index (χ1v) is 12.4. The maximum atomic E-state index is 10.6. The largest absolute Gasteiger partial charge is 0.497 e. The summed E-state index contributed by atoms with van der Waals surface area (Å²) in [6.45, 7) is 1.74. The van der Waals surface area contributed by atoms with Crippen LogP contribution in [0.25, 0.3) is 0 Å². The van der Waals surface area contributed by atoms with E-state index in [1.54, 1.807) is 19.1 Å². The predicted molar refractivity (Wildman–Crippen MR) is 142 cm³/mol. The van der Waals surface area contributed by atoms with Gasteiger partial charge in [0.25, 0.3) is 0 Å². The summed E-state index contributed by atoms with van der Waals surface area (Å²) in [6.07, 6.45) is -2.58. The Morgan fingerprint density at radius 1 is 1.13 bits per heavy atom. The van der Waals surface area contributed by atoms with Gasteiger partial charge in [-0.2, -0.15) is 0 Å². The summed E-state index contributed by atoms with van der Waals surface area (Å²) in [7, 11) is 3.22. The Balaban J connectivity index is 1.50. The molecule has 0 bridgehead atoms. The highest BCUT2D eigenvalue weighted by atomic mass is 16.6. The van der Waals surface area contributed by atoms with E-state index in [0.717, 1.165) is 16.7 Å². The topological polar surface area (TPSA) is 155 Å². The Bertz CT molecular complexity index is 1260. The van der Waals surface area contributed by atoms with Crippen molar-refractivity contribution in [3.8, 4) is 11.5 Å². The summed E-state index contributed by atoms with van der Waals surface area (Å²) in [5.41, 5.74) is 9.33. The fourth-order valence-electron chi connectivity index (χ4n) is 5.35. The van der Waals surface area contributed by atoms with Crippen LogP contribution in [0.15, 0.2) is 57.4 Å². The number of hydrogen-bond donors (Lipinski definition) is 4. The number of ether oxygens (including phenoxy) is 3. The number of methoxy groups -OCH3 is 2. The van der Waals surface area contributed by atoms with Crippen molar-refractivity contribution in [3.63, 3.8) is 0 Å². The molecule has 1 saturated heterocycles. The fraction of sp³-hybridized carbons (Fsp3) is 0.444. The number of aliphatic hydroxyl groups excluding tert-OH is 3. The Hall–Kier alpha value is -3.35. The highest BCUT2D eigenvalue weighted by Gasteiger charge is 2.51. The van der Waals surface area contributed by atoms with Gasteiger partial charge in [0.15, 0.2) is 17.7 Å². The lowest BCUT2D eigenvalue weighted by Crippen LogP contribution is -2.56. The summed E-state index contributed by atoms with van der Waals surface area (Å²) in [5.74, 6) is 1.54. The molecule has 38 heavy (non-hydrogen) atoms. The average Bonchev–Trinajstić information content (AvgIpc) is 3.49. The van der Waals surface area contributed by atoms with Crippen LogP contribution in [0, 0.1) is 6.92 Å². The van der Waals surface area contributed by atoms with Crippen molar-refractivity contribution in [1.29, 1.82) is 0 Å². The van der Waals surface area contributed by atoms with Crippen molar-refractivity contribution in [3.05, 3.63) is 59.2 Å². The molecule has 5 N–H and O–H groups in total. The second kappa shape index (κ2) is 10.4. The molecule has 2 aromatic carbocycles. The lowest BCUT2D eigenvalue weighted by Gasteiger charge is -2.35. The SMILES string of the molecule is COc1cc(OC)cc(C(CC2(N)N=CN=C3C2=NCN3[C@@H]2O[C@H](CO)[C@@H](O)[C@H]2O)c2ccccc2C)c1. The van der Waals surface area contributed by atoms with Crippen molar-refractivity contribution >= 4 is 17.9 Å². The van der Waals surface area contributed by atoms with Crippen LogP contribution in [0.4, 0.5) is 0 Å². The van der Waals surface area contributed by atoms with Crippen molar-refractivity contribution in [2.45, 2.75) is 49.5 Å². The number of nitrogens with zero attached hydrogens (tertiary/aromatic N) is 4. The molecule has 5 rings (SSSR count). The quantitative estimate of drug-likeness (QED) is 0.396. The maximum absolute atomic E-state index is 10.6. The minimum atomic E-state index is -1.25. The number of benzene rings is 2. The van der Waals surface area contributed by atoms with Gasteiger partial charge in [0.1, 0.15) is 48.5 Å². The number of aliphatic hydroxyl groups is 3. The van der Waals surface area contributed by atoms with Gasteiger partial charge in [0.05, 0.1) is 20.8 Å². The number of amidine groups is 1. The standard InChI is InChI=1S/C27H33N5O6/c1-15-6-4-5-7-19(15)20(16-8-17(36-2)10-18(9-16)37-3)11-27(28)24-25(29-13-31-27)32(14-30-24)26-23(35)22(34)21(12-33)38-26/h4-10,13,20-23,26,33-35H,11-12,14,28H2,1-3H3/t20?,21-,22-,23-,26-,27?/m1/s1. The summed E-state index contributed by atoms with van der Waals surface area (Å²) in [4.78, 5) is 15.3. The molecular weight excluding hydrogens is 490 g/mol. The van der Waals surface area contributed by atoms with E-state index in [9.17, 15) is 15.3 Å². The molecule has 2 unspecified atom stereocenters. The van der Waals surface area contributed by atoms with E-state index in [0.29, 0.717) is 29.5 Å². The maximum Gasteiger partial charge on any atom is 0.162 e. The van der Waals surface area contributed by atoms with Gasteiger partial charge in [0, 0.05) is 18.4 Å². The fourth-order valence-corrected chi connectivity index (χ4v) is 5.35. The summed E-state index contributed by atoms with van der Waals surface area (Å²) >= 11 is 0. The number of rotatable bonds is 8. The average molecular weight is 524 g/mol. The normalized spacial score (nSPS) is 29.1. The monoisotopic (exact) mass is 523 g/mol. The van der Waals surface area contributed by atoms with Crippen LogP contribution in [-0.4, -0.2) is 95.8 Å². The highest BCUT2D eigenvalue weighted by Crippen LogP contribution is 2.40. The first-order chi connectivity index (χ1) is 18.3. The molecule has 11 heteroatoms. The predicted octanol–water partition coefficient (Wildman–Crippen LogP) is 0.783. The second-order valence-electron chi connectivity index (χ2n) is 9.73. The van der Waals surface area contributed by atoms with Crippen molar-refractivity contribution < 1.29 is 29.5 Å². The third kappa shape index (κ3) is 4.56. The van der Waals surface area contributed by atoms with Crippen LogP contribution in [0.2, 0.25) is 0 Å². The Morgan fingerprint density at radius 3 is 2.47 bits per heavy atom. The van der Waals surface area contributed by atoms with Crippen LogP contribution in [-0.2, 0) is 4.74 Å². The van der Waals surface area contributed by atoms with Gasteiger partial charge in [-0.1, -0.05) is 24.3 Å². The molecule has 0 amide bonds. The molecule has 0 aromatic heterocycles. The summed E-state index contributed by atoms with van der Waals surface area (Å²) in [5, 5.41) is 30.4. The molecule has 202 valence electrons. The number of nitrogens with two attached hydrogens (primary N) is 1. The van der Waals surface area contributed by atoms with Crippen LogP contribution in [0.1, 0.15) is 29.0 Å². The zero-order chi connectivity index (χ0) is 27.0. The van der Waals surface area contributed by atoms with Crippen LogP contribution in [0.3, 0.4) is 0 Å². The van der Waals surface area contributed by atoms with E-state index >= 15 is 0 Å². The highest BCUT2D eigenvalue weighted by molar-refractivity contribution is 6.47. The number of hydrogen-bond acceptors (Lipinski definition) is 11. The Morgan fingerprint density at radius 2 is 1.84 bits per heavy atom. The Kier molecular flexibility index (Phi) is 7.21. The van der Waals surface area contributed by atoms with Gasteiger partial charge in [-0.3, -0.25) is 4.99 Å². The minimum Gasteiger partial charge on any atom is -0.497 e. The number of aliphatic imine (C=N–C) groups is 3. The Labute approximate surface area is 220 Å². The molecular formula is C27H33N5O6. The van der Waals surface area contributed by atoms with Crippen molar-refractivity contribution in [2.24, 2.45) is 20.7 Å². The molecule has 3 aliphatic heterocycles. The van der Waals surface area contributed by atoms with Gasteiger partial charge >= 0.3 is 0 Å². The van der Waals surface area contributed by atoms with Gasteiger partial charge in [-0.15, -0.1) is 0 Å². The minimum absolute atomic E-state index is 0.116. The van der Waals surface area contributed by atoms with E-state index in [1.807, 2.05) is 30.3 Å².